The zero-order valence-electron chi connectivity index (χ0n) is 14.2. The Morgan fingerprint density at radius 2 is 1.70 bits per heavy atom. The Morgan fingerprint density at radius 1 is 1.00 bits per heavy atom. The van der Waals surface area contributed by atoms with Crippen LogP contribution in [-0.4, -0.2) is 11.2 Å². The summed E-state index contributed by atoms with van der Waals surface area (Å²) in [4.78, 5) is 0. The molecular weight excluding hydrogens is 280 g/mol. The zero-order chi connectivity index (χ0) is 16.2. The van der Waals surface area contributed by atoms with Gasteiger partial charge in [-0.1, -0.05) is 63.2 Å². The first kappa shape index (κ1) is 14.7. The molecule has 1 N–H and O–H groups in total. The van der Waals surface area contributed by atoms with Crippen molar-refractivity contribution in [1.29, 1.82) is 0 Å². The monoisotopic (exact) mass is 304 g/mol. The molecule has 0 bridgehead atoms. The first-order chi connectivity index (χ1) is 11.0. The lowest BCUT2D eigenvalue weighted by atomic mass is 9.69. The Labute approximate surface area is 138 Å². The van der Waals surface area contributed by atoms with Gasteiger partial charge in [0.2, 0.25) is 0 Å². The van der Waals surface area contributed by atoms with E-state index in [2.05, 4.69) is 63.2 Å². The van der Waals surface area contributed by atoms with Crippen LogP contribution in [0.4, 0.5) is 0 Å². The minimum Gasteiger partial charge on any atom is -0.392 e. The summed E-state index contributed by atoms with van der Waals surface area (Å²) >= 11 is 0. The number of aliphatic hydroxyl groups is 1. The number of fused-ring (bicyclic) bond motifs is 5. The number of hydrogen-bond donors (Lipinski definition) is 1. The predicted octanol–water partition coefficient (Wildman–Crippen LogP) is 5.14. The maximum Gasteiger partial charge on any atom is 0.0634 e. The van der Waals surface area contributed by atoms with E-state index in [-0.39, 0.29) is 11.5 Å². The van der Waals surface area contributed by atoms with Crippen LogP contribution in [0.2, 0.25) is 0 Å². The molecule has 0 amide bonds. The van der Waals surface area contributed by atoms with Crippen molar-refractivity contribution in [3.8, 4) is 0 Å². The minimum absolute atomic E-state index is 0.167. The lowest BCUT2D eigenvalue weighted by Crippen LogP contribution is -2.38. The Hall–Kier alpha value is -1.86. The van der Waals surface area contributed by atoms with Crippen molar-refractivity contribution in [2.24, 2.45) is 0 Å². The van der Waals surface area contributed by atoms with Gasteiger partial charge in [-0.15, -0.1) is 0 Å². The van der Waals surface area contributed by atoms with Gasteiger partial charge in [-0.05, 0) is 57.5 Å². The van der Waals surface area contributed by atoms with Crippen LogP contribution < -0.4 is 0 Å². The molecule has 1 aliphatic carbocycles. The van der Waals surface area contributed by atoms with Gasteiger partial charge in [0.1, 0.15) is 0 Å². The van der Waals surface area contributed by atoms with Gasteiger partial charge in [0.15, 0.2) is 0 Å². The van der Waals surface area contributed by atoms with E-state index in [1.54, 1.807) is 0 Å². The molecule has 3 aromatic carbocycles. The summed E-state index contributed by atoms with van der Waals surface area (Å²) in [5.74, 6) is 0. The summed E-state index contributed by atoms with van der Waals surface area (Å²) < 4.78 is 0. The molecule has 0 saturated carbocycles. The topological polar surface area (TPSA) is 20.2 Å². The van der Waals surface area contributed by atoms with E-state index in [0.29, 0.717) is 0 Å². The molecule has 118 valence electrons. The smallest absolute Gasteiger partial charge is 0.0634 e. The number of hydrogen-bond acceptors (Lipinski definition) is 1. The molecule has 1 nitrogen and oxygen atoms in total. The van der Waals surface area contributed by atoms with E-state index in [4.69, 9.17) is 0 Å². The average molecular weight is 304 g/mol. The van der Waals surface area contributed by atoms with Crippen molar-refractivity contribution >= 4 is 21.5 Å². The molecule has 0 fully saturated rings. The largest absolute Gasteiger partial charge is 0.392 e. The molecule has 4 rings (SSSR count). The highest BCUT2D eigenvalue weighted by atomic mass is 16.3. The van der Waals surface area contributed by atoms with Crippen molar-refractivity contribution in [3.63, 3.8) is 0 Å². The van der Waals surface area contributed by atoms with E-state index >= 15 is 0 Å². The van der Waals surface area contributed by atoms with Crippen LogP contribution in [-0.2, 0) is 18.3 Å². The summed E-state index contributed by atoms with van der Waals surface area (Å²) in [7, 11) is 0. The standard InChI is InChI=1S/C22H24O/c1-4-14-13-19-17(16-8-6-5-7-15(14)16)9-11-20-18(19)10-12-21(23)22(20,2)3/h5-9,11,13,21,23H,4,10,12H2,1-3H3. The second-order valence-corrected chi connectivity index (χ2v) is 7.40. The highest BCUT2D eigenvalue weighted by Gasteiger charge is 2.36. The van der Waals surface area contributed by atoms with Crippen LogP contribution in [0.1, 0.15) is 43.9 Å². The van der Waals surface area contributed by atoms with Gasteiger partial charge in [-0.3, -0.25) is 0 Å². The molecule has 1 unspecified atom stereocenters. The fourth-order valence-electron chi connectivity index (χ4n) is 4.30. The van der Waals surface area contributed by atoms with Crippen molar-refractivity contribution in [2.45, 2.75) is 51.6 Å². The maximum atomic E-state index is 10.4. The SMILES string of the molecule is CCc1cc2c3c(ccc2c2ccccc12)C(C)(C)C(O)CC3. The third-order valence-corrected chi connectivity index (χ3v) is 5.81. The quantitative estimate of drug-likeness (QED) is 0.617. The van der Waals surface area contributed by atoms with Gasteiger partial charge < -0.3 is 5.11 Å². The van der Waals surface area contributed by atoms with Gasteiger partial charge in [-0.25, -0.2) is 0 Å². The molecule has 23 heavy (non-hydrogen) atoms. The first-order valence-corrected chi connectivity index (χ1v) is 8.68. The Kier molecular flexibility index (Phi) is 3.24. The van der Waals surface area contributed by atoms with Crippen LogP contribution in [0, 0.1) is 0 Å². The molecule has 0 saturated heterocycles. The summed E-state index contributed by atoms with van der Waals surface area (Å²) in [6.45, 7) is 6.57. The second kappa shape index (κ2) is 5.07. The van der Waals surface area contributed by atoms with E-state index in [1.165, 1.54) is 38.2 Å². The van der Waals surface area contributed by atoms with Gasteiger partial charge in [0.25, 0.3) is 0 Å². The maximum absolute atomic E-state index is 10.4. The van der Waals surface area contributed by atoms with Crippen LogP contribution in [0.15, 0.2) is 42.5 Å². The summed E-state index contributed by atoms with van der Waals surface area (Å²) in [6.07, 6.45) is 2.62. The molecule has 0 aromatic heterocycles. The van der Waals surface area contributed by atoms with E-state index in [0.717, 1.165) is 19.3 Å². The van der Waals surface area contributed by atoms with Crippen molar-refractivity contribution in [2.75, 3.05) is 0 Å². The predicted molar refractivity (Wildman–Crippen MR) is 98.2 cm³/mol. The van der Waals surface area contributed by atoms with Gasteiger partial charge in [0, 0.05) is 5.41 Å². The molecule has 0 aliphatic heterocycles. The Bertz CT molecular complexity index is 905. The normalized spacial score (nSPS) is 19.9. The number of aryl methyl sites for hydroxylation is 2. The third kappa shape index (κ3) is 2.03. The van der Waals surface area contributed by atoms with Crippen molar-refractivity contribution < 1.29 is 5.11 Å². The third-order valence-electron chi connectivity index (χ3n) is 5.81. The molecule has 0 heterocycles. The molecule has 0 spiro atoms. The summed E-state index contributed by atoms with van der Waals surface area (Å²) in [5, 5.41) is 15.9. The fraction of sp³-hybridized carbons (Fsp3) is 0.364. The number of aliphatic hydroxyl groups excluding tert-OH is 1. The zero-order valence-corrected chi connectivity index (χ0v) is 14.2. The lowest BCUT2D eigenvalue weighted by Gasteiger charge is -2.38. The minimum atomic E-state index is -0.251. The fourth-order valence-corrected chi connectivity index (χ4v) is 4.30. The molecule has 3 aromatic rings. The van der Waals surface area contributed by atoms with Crippen LogP contribution in [0.3, 0.4) is 0 Å². The summed E-state index contributed by atoms with van der Waals surface area (Å²) in [6, 6.07) is 15.6. The lowest BCUT2D eigenvalue weighted by molar-refractivity contribution is 0.0834. The van der Waals surface area contributed by atoms with Gasteiger partial charge in [0.05, 0.1) is 6.10 Å². The molecule has 1 heteroatoms. The van der Waals surface area contributed by atoms with Crippen molar-refractivity contribution in [3.05, 3.63) is 59.2 Å². The average Bonchev–Trinajstić information content (AvgIpc) is 2.57. The van der Waals surface area contributed by atoms with Crippen molar-refractivity contribution in [1.82, 2.24) is 0 Å². The summed E-state index contributed by atoms with van der Waals surface area (Å²) in [5.41, 5.74) is 4.02. The van der Waals surface area contributed by atoms with Crippen LogP contribution in [0.5, 0.6) is 0 Å². The number of rotatable bonds is 1. The molecule has 1 aliphatic rings. The van der Waals surface area contributed by atoms with Gasteiger partial charge >= 0.3 is 0 Å². The van der Waals surface area contributed by atoms with E-state index in [9.17, 15) is 5.11 Å². The first-order valence-electron chi connectivity index (χ1n) is 8.68. The second-order valence-electron chi connectivity index (χ2n) is 7.40. The molecule has 1 atom stereocenters. The number of benzene rings is 3. The Morgan fingerprint density at radius 3 is 2.43 bits per heavy atom. The highest BCUT2D eigenvalue weighted by Crippen LogP contribution is 2.42. The Balaban J connectivity index is 2.13. The highest BCUT2D eigenvalue weighted by molar-refractivity contribution is 6.10. The van der Waals surface area contributed by atoms with Crippen LogP contribution >= 0.6 is 0 Å². The molecule has 0 radical (unpaired) electrons. The van der Waals surface area contributed by atoms with E-state index in [1.807, 2.05) is 0 Å². The van der Waals surface area contributed by atoms with Crippen LogP contribution in [0.25, 0.3) is 21.5 Å². The van der Waals surface area contributed by atoms with Gasteiger partial charge in [-0.2, -0.15) is 0 Å². The van der Waals surface area contributed by atoms with E-state index < -0.39 is 0 Å². The molecular formula is C22H24O.